The molecular formula is C19H35N5O6S. The van der Waals surface area contributed by atoms with E-state index in [1.807, 2.05) is 0 Å². The van der Waals surface area contributed by atoms with Crippen molar-refractivity contribution < 1.29 is 27.5 Å². The van der Waals surface area contributed by atoms with Crippen molar-refractivity contribution in [1.29, 1.82) is 0 Å². The van der Waals surface area contributed by atoms with Crippen molar-refractivity contribution in [3.05, 3.63) is 0 Å². The highest BCUT2D eigenvalue weighted by Gasteiger charge is 2.37. The number of morpholine rings is 1. The van der Waals surface area contributed by atoms with Crippen LogP contribution in [0.4, 0.5) is 4.79 Å². The maximum atomic E-state index is 13.1. The second-order valence-corrected chi connectivity index (χ2v) is 9.96. The summed E-state index contributed by atoms with van der Waals surface area (Å²) < 4.78 is 39.3. The highest BCUT2D eigenvalue weighted by atomic mass is 32.2. The van der Waals surface area contributed by atoms with Crippen molar-refractivity contribution in [2.24, 2.45) is 5.92 Å². The number of hydrogen-bond acceptors (Lipinski definition) is 7. The zero-order valence-electron chi connectivity index (χ0n) is 18.3. The van der Waals surface area contributed by atoms with Gasteiger partial charge in [-0.25, -0.2) is 4.79 Å². The van der Waals surface area contributed by atoms with Gasteiger partial charge in [0.05, 0.1) is 25.7 Å². The summed E-state index contributed by atoms with van der Waals surface area (Å²) in [5, 5.41) is 2.97. The van der Waals surface area contributed by atoms with Crippen molar-refractivity contribution >= 4 is 22.2 Å². The van der Waals surface area contributed by atoms with Crippen LogP contribution in [0.2, 0.25) is 0 Å². The van der Waals surface area contributed by atoms with Crippen LogP contribution in [0.1, 0.15) is 19.8 Å². The average Bonchev–Trinajstić information content (AvgIpc) is 2.80. The van der Waals surface area contributed by atoms with E-state index < -0.39 is 16.3 Å². The molecule has 2 amide bonds. The van der Waals surface area contributed by atoms with Crippen LogP contribution in [0.5, 0.6) is 0 Å². The minimum absolute atomic E-state index is 0.0831. The van der Waals surface area contributed by atoms with Crippen molar-refractivity contribution in [2.75, 3.05) is 85.3 Å². The molecule has 0 saturated carbocycles. The Morgan fingerprint density at radius 1 is 1.03 bits per heavy atom. The van der Waals surface area contributed by atoms with E-state index in [-0.39, 0.29) is 31.5 Å². The summed E-state index contributed by atoms with van der Waals surface area (Å²) in [6.07, 6.45) is 0.932. The van der Waals surface area contributed by atoms with Gasteiger partial charge in [0.1, 0.15) is 0 Å². The van der Waals surface area contributed by atoms with Crippen LogP contribution in [0.3, 0.4) is 0 Å². The molecule has 3 aliphatic rings. The monoisotopic (exact) mass is 461 g/mol. The van der Waals surface area contributed by atoms with E-state index in [0.717, 1.165) is 32.8 Å². The highest BCUT2D eigenvalue weighted by Crippen LogP contribution is 2.22. The quantitative estimate of drug-likeness (QED) is 0.526. The summed E-state index contributed by atoms with van der Waals surface area (Å²) in [6.45, 7) is 8.22. The lowest BCUT2D eigenvalue weighted by Crippen LogP contribution is -2.56. The number of amides is 2. The van der Waals surface area contributed by atoms with Gasteiger partial charge >= 0.3 is 6.09 Å². The minimum atomic E-state index is -3.66. The molecule has 3 aliphatic heterocycles. The number of nitrogens with one attached hydrogen (secondary N) is 1. The van der Waals surface area contributed by atoms with Crippen molar-refractivity contribution in [3.63, 3.8) is 0 Å². The topological polar surface area (TPSA) is 112 Å². The van der Waals surface area contributed by atoms with Gasteiger partial charge < -0.3 is 19.7 Å². The van der Waals surface area contributed by atoms with Crippen LogP contribution in [0, 0.1) is 5.92 Å². The van der Waals surface area contributed by atoms with Gasteiger partial charge in [0.25, 0.3) is 10.2 Å². The average molecular weight is 462 g/mol. The molecular weight excluding hydrogens is 426 g/mol. The molecule has 3 heterocycles. The molecule has 0 spiro atoms. The maximum Gasteiger partial charge on any atom is 0.409 e. The predicted molar refractivity (Wildman–Crippen MR) is 114 cm³/mol. The number of piperidine rings is 1. The number of carbonyl (C=O) groups excluding carboxylic acids is 2. The third-order valence-electron chi connectivity index (χ3n) is 6.00. The molecule has 3 fully saturated rings. The zero-order valence-corrected chi connectivity index (χ0v) is 19.1. The van der Waals surface area contributed by atoms with E-state index >= 15 is 0 Å². The van der Waals surface area contributed by atoms with Crippen LogP contribution >= 0.6 is 0 Å². The van der Waals surface area contributed by atoms with Gasteiger partial charge in [0, 0.05) is 65.4 Å². The first kappa shape index (κ1) is 24.2. The minimum Gasteiger partial charge on any atom is -0.450 e. The van der Waals surface area contributed by atoms with Gasteiger partial charge in [-0.15, -0.1) is 0 Å². The molecule has 0 unspecified atom stereocenters. The largest absolute Gasteiger partial charge is 0.450 e. The Bertz CT molecular complexity index is 707. The van der Waals surface area contributed by atoms with Crippen molar-refractivity contribution in [1.82, 2.24) is 23.7 Å². The van der Waals surface area contributed by atoms with Crippen LogP contribution < -0.4 is 5.32 Å². The normalized spacial score (nSPS) is 24.7. The molecule has 178 valence electrons. The number of piperazine rings is 1. The third kappa shape index (κ3) is 6.51. The Labute approximate surface area is 184 Å². The molecule has 0 radical (unpaired) electrons. The fourth-order valence-corrected chi connectivity index (χ4v) is 5.83. The van der Waals surface area contributed by atoms with Crippen molar-refractivity contribution in [3.8, 4) is 0 Å². The summed E-state index contributed by atoms with van der Waals surface area (Å²) in [5.41, 5.74) is 0. The fraction of sp³-hybridized carbons (Fsp3) is 0.895. The van der Waals surface area contributed by atoms with Crippen LogP contribution in [0.15, 0.2) is 0 Å². The van der Waals surface area contributed by atoms with Gasteiger partial charge in [-0.3, -0.25) is 9.69 Å². The molecule has 0 bridgehead atoms. The van der Waals surface area contributed by atoms with E-state index in [4.69, 9.17) is 9.47 Å². The summed E-state index contributed by atoms with van der Waals surface area (Å²) in [6, 6.07) is 0. The number of ether oxygens (including phenoxy) is 2. The smallest absolute Gasteiger partial charge is 0.409 e. The molecule has 0 aliphatic carbocycles. The number of rotatable bonds is 7. The molecule has 3 saturated heterocycles. The van der Waals surface area contributed by atoms with E-state index in [9.17, 15) is 18.0 Å². The second kappa shape index (κ2) is 11.4. The fourth-order valence-electron chi connectivity index (χ4n) is 4.15. The molecule has 0 aromatic heterocycles. The first-order valence-corrected chi connectivity index (χ1v) is 12.6. The lowest BCUT2D eigenvalue weighted by Gasteiger charge is -2.38. The SMILES string of the molecule is CCOC(=O)N1CCN(S(=O)(=O)N2CCC[C@@H](C(=O)NCCN3CCOCC3)C2)CC1. The lowest BCUT2D eigenvalue weighted by atomic mass is 9.99. The summed E-state index contributed by atoms with van der Waals surface area (Å²) in [4.78, 5) is 28.2. The Morgan fingerprint density at radius 3 is 2.42 bits per heavy atom. The molecule has 12 heteroatoms. The predicted octanol–water partition coefficient (Wildman–Crippen LogP) is -0.834. The molecule has 11 nitrogen and oxygen atoms in total. The molecule has 3 rings (SSSR count). The first-order chi connectivity index (χ1) is 14.9. The van der Waals surface area contributed by atoms with Crippen LogP contribution in [-0.4, -0.2) is 124 Å². The van der Waals surface area contributed by atoms with Gasteiger partial charge in [-0.2, -0.15) is 17.0 Å². The molecule has 1 atom stereocenters. The summed E-state index contributed by atoms with van der Waals surface area (Å²) >= 11 is 0. The van der Waals surface area contributed by atoms with E-state index in [2.05, 4.69) is 10.2 Å². The van der Waals surface area contributed by atoms with Crippen LogP contribution in [-0.2, 0) is 24.5 Å². The zero-order chi connectivity index (χ0) is 22.3. The standard InChI is InChI=1S/C19H35N5O6S/c1-2-30-19(26)22-8-10-23(11-9-22)31(27,28)24-6-3-4-17(16-24)18(25)20-5-7-21-12-14-29-15-13-21/h17H,2-16H2,1H3,(H,20,25)/t17-/m1/s1. The van der Waals surface area contributed by atoms with Gasteiger partial charge in [-0.05, 0) is 19.8 Å². The van der Waals surface area contributed by atoms with Gasteiger partial charge in [0.15, 0.2) is 0 Å². The third-order valence-corrected chi connectivity index (χ3v) is 8.01. The number of nitrogens with zero attached hydrogens (tertiary/aromatic N) is 4. The van der Waals surface area contributed by atoms with E-state index in [0.29, 0.717) is 45.6 Å². The Hall–Kier alpha value is -1.47. The number of hydrogen-bond donors (Lipinski definition) is 1. The summed E-state index contributed by atoms with van der Waals surface area (Å²) in [7, 11) is -3.66. The molecule has 1 N–H and O–H groups in total. The second-order valence-electron chi connectivity index (χ2n) is 8.04. The number of carbonyl (C=O) groups is 2. The van der Waals surface area contributed by atoms with Gasteiger partial charge in [-0.1, -0.05) is 0 Å². The van der Waals surface area contributed by atoms with Crippen LogP contribution in [0.25, 0.3) is 0 Å². The molecule has 0 aromatic carbocycles. The lowest BCUT2D eigenvalue weighted by molar-refractivity contribution is -0.126. The Balaban J connectivity index is 1.46. The van der Waals surface area contributed by atoms with E-state index in [1.165, 1.54) is 13.5 Å². The van der Waals surface area contributed by atoms with Gasteiger partial charge in [0.2, 0.25) is 5.91 Å². The molecule has 31 heavy (non-hydrogen) atoms. The Morgan fingerprint density at radius 2 is 1.74 bits per heavy atom. The highest BCUT2D eigenvalue weighted by molar-refractivity contribution is 7.86. The maximum absolute atomic E-state index is 13.1. The first-order valence-electron chi connectivity index (χ1n) is 11.2. The van der Waals surface area contributed by atoms with E-state index in [1.54, 1.807) is 6.92 Å². The van der Waals surface area contributed by atoms with Crippen molar-refractivity contribution in [2.45, 2.75) is 19.8 Å². The summed E-state index contributed by atoms with van der Waals surface area (Å²) in [5.74, 6) is -0.422. The Kier molecular flexibility index (Phi) is 8.90. The molecule has 0 aromatic rings.